The Hall–Kier alpha value is -3.58. The second-order valence-corrected chi connectivity index (χ2v) is 8.44. The summed E-state index contributed by atoms with van der Waals surface area (Å²) in [5, 5.41) is 8.63. The van der Waals surface area contributed by atoms with E-state index in [-0.39, 0.29) is 13.0 Å². The van der Waals surface area contributed by atoms with Crippen LogP contribution in [-0.4, -0.2) is 50.6 Å². The molecule has 4 aromatic rings. The van der Waals surface area contributed by atoms with E-state index in [1.807, 2.05) is 49.4 Å². The predicted octanol–water partition coefficient (Wildman–Crippen LogP) is 5.96. The van der Waals surface area contributed by atoms with Crippen LogP contribution in [0.15, 0.2) is 73.0 Å². The summed E-state index contributed by atoms with van der Waals surface area (Å²) in [5.41, 5.74) is 7.44. The van der Waals surface area contributed by atoms with Gasteiger partial charge in [0.05, 0.1) is 28.8 Å². The average Bonchev–Trinajstić information content (AvgIpc) is 3.51. The van der Waals surface area contributed by atoms with Crippen LogP contribution >= 0.6 is 0 Å². The van der Waals surface area contributed by atoms with E-state index in [9.17, 15) is 8.78 Å². The number of H-pyrrole nitrogens is 2. The number of halogens is 2. The maximum Gasteiger partial charge on any atom is 0.261 e. The molecular formula is C26H25F2N5. The summed E-state index contributed by atoms with van der Waals surface area (Å²) in [4.78, 5) is 9.57. The van der Waals surface area contributed by atoms with Gasteiger partial charge >= 0.3 is 0 Å². The van der Waals surface area contributed by atoms with Gasteiger partial charge in [-0.2, -0.15) is 5.10 Å². The van der Waals surface area contributed by atoms with Crippen molar-refractivity contribution in [1.29, 1.82) is 0 Å². The Bertz CT molecular complexity index is 1360. The molecule has 2 N–H and O–H groups in total. The Morgan fingerprint density at radius 1 is 1.24 bits per heavy atom. The van der Waals surface area contributed by atoms with Crippen LogP contribution in [0.3, 0.4) is 0 Å². The first-order valence-electron chi connectivity index (χ1n) is 11.0. The van der Waals surface area contributed by atoms with Crippen molar-refractivity contribution in [2.24, 2.45) is 0 Å². The Balaban J connectivity index is 1.47. The summed E-state index contributed by atoms with van der Waals surface area (Å²) in [6.07, 6.45) is 7.48. The van der Waals surface area contributed by atoms with Crippen molar-refractivity contribution in [3.8, 4) is 11.4 Å². The van der Waals surface area contributed by atoms with Crippen LogP contribution in [-0.2, 0) is 0 Å². The number of aromatic amines is 2. The summed E-state index contributed by atoms with van der Waals surface area (Å²) in [6, 6.07) is 12.0. The van der Waals surface area contributed by atoms with Crippen LogP contribution in [0.25, 0.3) is 38.9 Å². The lowest BCUT2D eigenvalue weighted by molar-refractivity contribution is 0.0131. The zero-order chi connectivity index (χ0) is 23.0. The molecule has 168 valence electrons. The van der Waals surface area contributed by atoms with Gasteiger partial charge in [0, 0.05) is 31.1 Å². The minimum atomic E-state index is -2.60. The normalized spacial score (nSPS) is 17.3. The van der Waals surface area contributed by atoms with E-state index in [0.29, 0.717) is 13.1 Å². The first-order chi connectivity index (χ1) is 16.0. The van der Waals surface area contributed by atoms with Crippen LogP contribution in [0.2, 0.25) is 0 Å². The zero-order valence-corrected chi connectivity index (χ0v) is 18.4. The quantitative estimate of drug-likeness (QED) is 0.360. The van der Waals surface area contributed by atoms with Gasteiger partial charge in [-0.25, -0.2) is 8.78 Å². The fourth-order valence-electron chi connectivity index (χ4n) is 4.38. The molecule has 0 unspecified atom stereocenters. The Morgan fingerprint density at radius 2 is 2.12 bits per heavy atom. The van der Waals surface area contributed by atoms with Gasteiger partial charge < -0.3 is 4.98 Å². The second kappa shape index (κ2) is 8.41. The Morgan fingerprint density at radius 3 is 2.85 bits per heavy atom. The van der Waals surface area contributed by atoms with E-state index in [2.05, 4.69) is 32.8 Å². The van der Waals surface area contributed by atoms with Crippen molar-refractivity contribution < 1.29 is 8.78 Å². The summed E-state index contributed by atoms with van der Waals surface area (Å²) in [7, 11) is 0. The van der Waals surface area contributed by atoms with Crippen molar-refractivity contribution in [2.45, 2.75) is 19.3 Å². The number of allylic oxidation sites excluding steroid dienone is 3. The van der Waals surface area contributed by atoms with Crippen LogP contribution < -0.4 is 0 Å². The van der Waals surface area contributed by atoms with Crippen molar-refractivity contribution >= 4 is 27.5 Å². The number of hydrogen-bond donors (Lipinski definition) is 2. The molecule has 0 amide bonds. The molecule has 0 bridgehead atoms. The zero-order valence-electron chi connectivity index (χ0n) is 18.4. The van der Waals surface area contributed by atoms with E-state index in [0.717, 1.165) is 50.0 Å². The standard InChI is InChI=1S/C26H25F2N5/c1-3-17(15-33-11-9-26(27,28)16-33)12-18(4-2)19-7-8-21-20(13-19)25(32-31-21)24-14-23-22(30-24)6-5-10-29-23/h3-8,10,12-14,30H,1,9,11,15-16H2,2H3,(H,31,32)/b17-12+,18-4+. The number of benzene rings is 1. The highest BCUT2D eigenvalue weighted by Crippen LogP contribution is 2.31. The highest BCUT2D eigenvalue weighted by molar-refractivity contribution is 5.97. The van der Waals surface area contributed by atoms with Crippen molar-refractivity contribution in [3.63, 3.8) is 0 Å². The topological polar surface area (TPSA) is 60.6 Å². The molecule has 33 heavy (non-hydrogen) atoms. The molecule has 5 rings (SSSR count). The highest BCUT2D eigenvalue weighted by atomic mass is 19.3. The summed E-state index contributed by atoms with van der Waals surface area (Å²) >= 11 is 0. The molecule has 3 aromatic heterocycles. The average molecular weight is 446 g/mol. The number of hydrogen-bond acceptors (Lipinski definition) is 3. The number of nitrogens with one attached hydrogen (secondary N) is 2. The third kappa shape index (κ3) is 4.24. The molecule has 0 aliphatic carbocycles. The fourth-order valence-corrected chi connectivity index (χ4v) is 4.38. The number of likely N-dealkylation sites (tertiary alicyclic amines) is 1. The molecule has 0 spiro atoms. The second-order valence-electron chi connectivity index (χ2n) is 8.44. The molecule has 1 aromatic carbocycles. The molecule has 1 saturated heterocycles. The van der Waals surface area contributed by atoms with Crippen LogP contribution in [0, 0.1) is 0 Å². The predicted molar refractivity (Wildman–Crippen MR) is 129 cm³/mol. The molecular weight excluding hydrogens is 420 g/mol. The molecule has 7 heteroatoms. The van der Waals surface area contributed by atoms with Gasteiger partial charge in [0.25, 0.3) is 5.92 Å². The van der Waals surface area contributed by atoms with E-state index >= 15 is 0 Å². The largest absolute Gasteiger partial charge is 0.352 e. The molecule has 5 nitrogen and oxygen atoms in total. The lowest BCUT2D eigenvalue weighted by Crippen LogP contribution is -2.26. The SMILES string of the molecule is C=C/C(=C\C(=C/C)c1ccc2[nH]nc(-c3cc4ncccc4[nH]3)c2c1)CN1CCC(F)(F)C1. The van der Waals surface area contributed by atoms with Gasteiger partial charge in [-0.15, -0.1) is 0 Å². The number of rotatable bonds is 6. The lowest BCUT2D eigenvalue weighted by atomic mass is 10.00. The van der Waals surface area contributed by atoms with E-state index in [4.69, 9.17) is 0 Å². The lowest BCUT2D eigenvalue weighted by Gasteiger charge is -2.16. The number of pyridine rings is 1. The van der Waals surface area contributed by atoms with Crippen molar-refractivity contribution in [1.82, 2.24) is 25.1 Å². The van der Waals surface area contributed by atoms with Crippen LogP contribution in [0.1, 0.15) is 18.9 Å². The summed E-state index contributed by atoms with van der Waals surface area (Å²) in [5.74, 6) is -2.60. The third-order valence-corrected chi connectivity index (χ3v) is 6.11. The minimum absolute atomic E-state index is 0.0862. The Labute approximate surface area is 190 Å². The van der Waals surface area contributed by atoms with Crippen molar-refractivity contribution in [2.75, 3.05) is 19.6 Å². The third-order valence-electron chi connectivity index (χ3n) is 6.11. The molecule has 0 saturated carbocycles. The highest BCUT2D eigenvalue weighted by Gasteiger charge is 2.37. The first kappa shape index (κ1) is 21.3. The molecule has 1 aliphatic rings. The van der Waals surface area contributed by atoms with E-state index in [1.54, 1.807) is 17.2 Å². The smallest absolute Gasteiger partial charge is 0.261 e. The van der Waals surface area contributed by atoms with E-state index < -0.39 is 5.92 Å². The van der Waals surface area contributed by atoms with E-state index in [1.165, 1.54) is 0 Å². The van der Waals surface area contributed by atoms with Crippen LogP contribution in [0.5, 0.6) is 0 Å². The van der Waals surface area contributed by atoms with Crippen molar-refractivity contribution in [3.05, 3.63) is 78.5 Å². The van der Waals surface area contributed by atoms with Gasteiger partial charge in [-0.05, 0) is 54.0 Å². The maximum absolute atomic E-state index is 13.6. The maximum atomic E-state index is 13.6. The Kier molecular flexibility index (Phi) is 5.42. The van der Waals surface area contributed by atoms with Gasteiger partial charge in [0.15, 0.2) is 0 Å². The molecule has 0 radical (unpaired) electrons. The number of nitrogens with zero attached hydrogens (tertiary/aromatic N) is 3. The molecule has 1 aliphatic heterocycles. The van der Waals surface area contributed by atoms with Crippen LogP contribution in [0.4, 0.5) is 8.78 Å². The molecule has 0 atom stereocenters. The monoisotopic (exact) mass is 445 g/mol. The van der Waals surface area contributed by atoms with Gasteiger partial charge in [0.2, 0.25) is 0 Å². The number of aromatic nitrogens is 4. The first-order valence-corrected chi connectivity index (χ1v) is 11.0. The fraction of sp³-hybridized carbons (Fsp3) is 0.231. The van der Waals surface area contributed by atoms with Gasteiger partial charge in [-0.3, -0.25) is 15.0 Å². The summed E-state index contributed by atoms with van der Waals surface area (Å²) in [6.45, 7) is 6.53. The van der Waals surface area contributed by atoms with Gasteiger partial charge in [0.1, 0.15) is 5.69 Å². The molecule has 4 heterocycles. The number of fused-ring (bicyclic) bond motifs is 2. The molecule has 1 fully saturated rings. The van der Waals surface area contributed by atoms with Gasteiger partial charge in [-0.1, -0.05) is 30.9 Å². The minimum Gasteiger partial charge on any atom is -0.352 e. The summed E-state index contributed by atoms with van der Waals surface area (Å²) < 4.78 is 27.2. The number of alkyl halides is 2.